The van der Waals surface area contributed by atoms with Gasteiger partial charge in [-0.25, -0.2) is 4.98 Å². The number of nitrogens with zero attached hydrogens (tertiary/aromatic N) is 2. The monoisotopic (exact) mass is 458 g/mol. The number of aromatic amines is 1. The number of rotatable bonds is 12. The zero-order valence-electron chi connectivity index (χ0n) is 20.1. The molecular formula is C28H34N4O2. The van der Waals surface area contributed by atoms with Gasteiger partial charge in [0.2, 0.25) is 0 Å². The molecule has 0 aliphatic rings. The Balaban J connectivity index is 1.84. The molecule has 6 heteroatoms. The number of H-pyrrole nitrogens is 1. The first-order valence-corrected chi connectivity index (χ1v) is 12.3. The van der Waals surface area contributed by atoms with Gasteiger partial charge in [-0.1, -0.05) is 93.8 Å². The van der Waals surface area contributed by atoms with Crippen LogP contribution in [0.15, 0.2) is 76.0 Å². The van der Waals surface area contributed by atoms with Crippen LogP contribution in [0, 0.1) is 0 Å². The lowest BCUT2D eigenvalue weighted by molar-refractivity contribution is 0.351. The van der Waals surface area contributed by atoms with E-state index in [-0.39, 0.29) is 11.6 Å². The summed E-state index contributed by atoms with van der Waals surface area (Å²) < 4.78 is 7.72. The summed E-state index contributed by atoms with van der Waals surface area (Å²) in [6.07, 6.45) is 5.34. The minimum Gasteiger partial charge on any atom is -0.382 e. The van der Waals surface area contributed by atoms with Crippen LogP contribution in [0.2, 0.25) is 0 Å². The van der Waals surface area contributed by atoms with Crippen molar-refractivity contribution in [3.05, 3.63) is 88.5 Å². The fourth-order valence-electron chi connectivity index (χ4n) is 4.35. The van der Waals surface area contributed by atoms with Crippen molar-refractivity contribution < 1.29 is 4.52 Å². The Morgan fingerprint density at radius 2 is 1.65 bits per heavy atom. The summed E-state index contributed by atoms with van der Waals surface area (Å²) in [6, 6.07) is 22.4. The van der Waals surface area contributed by atoms with Crippen LogP contribution in [0.4, 0.5) is 0 Å². The van der Waals surface area contributed by atoms with Crippen molar-refractivity contribution in [2.75, 3.05) is 0 Å². The van der Waals surface area contributed by atoms with Crippen molar-refractivity contribution in [3.8, 4) is 22.6 Å². The number of unbranched alkanes of at least 4 members (excludes halogenated alkanes) is 2. The number of hydrogen-bond acceptors (Lipinski definition) is 4. The van der Waals surface area contributed by atoms with E-state index in [0.29, 0.717) is 12.3 Å². The second-order valence-corrected chi connectivity index (χ2v) is 8.66. The van der Waals surface area contributed by atoms with Gasteiger partial charge in [-0.2, -0.15) is 5.16 Å². The highest BCUT2D eigenvalue weighted by molar-refractivity contribution is 5.69. The number of aromatic nitrogens is 3. The molecule has 0 fully saturated rings. The van der Waals surface area contributed by atoms with Crippen LogP contribution in [0.3, 0.4) is 0 Å². The number of hydrogen-bond donors (Lipinski definition) is 2. The second-order valence-electron chi connectivity index (χ2n) is 8.66. The maximum Gasteiger partial charge on any atom is 0.280 e. The van der Waals surface area contributed by atoms with E-state index in [1.807, 2.05) is 12.1 Å². The first kappa shape index (κ1) is 23.8. The maximum absolute atomic E-state index is 11.6. The molecule has 4 aromatic rings. The predicted molar refractivity (Wildman–Crippen MR) is 136 cm³/mol. The van der Waals surface area contributed by atoms with Gasteiger partial charge in [0.15, 0.2) is 5.76 Å². The van der Waals surface area contributed by atoms with Crippen molar-refractivity contribution in [3.63, 3.8) is 0 Å². The predicted octanol–water partition coefficient (Wildman–Crippen LogP) is 6.32. The van der Waals surface area contributed by atoms with E-state index in [1.54, 1.807) is 0 Å². The normalized spacial score (nSPS) is 12.2. The summed E-state index contributed by atoms with van der Waals surface area (Å²) >= 11 is 0. The molecule has 2 aromatic carbocycles. The van der Waals surface area contributed by atoms with Crippen LogP contribution in [0.25, 0.3) is 22.6 Å². The third-order valence-electron chi connectivity index (χ3n) is 6.10. The summed E-state index contributed by atoms with van der Waals surface area (Å²) in [6.45, 7) is 5.81. The molecule has 0 saturated heterocycles. The minimum absolute atomic E-state index is 0.0668. The molecule has 0 amide bonds. The molecule has 2 heterocycles. The summed E-state index contributed by atoms with van der Waals surface area (Å²) in [5.41, 5.74) is 4.23. The number of nitrogens with one attached hydrogen (secondary N) is 2. The highest BCUT2D eigenvalue weighted by Gasteiger charge is 2.26. The topological polar surface area (TPSA) is 75.8 Å². The number of benzene rings is 2. The molecule has 1 unspecified atom stereocenters. The van der Waals surface area contributed by atoms with Crippen molar-refractivity contribution >= 4 is 0 Å². The van der Waals surface area contributed by atoms with Crippen LogP contribution in [0.1, 0.15) is 63.4 Å². The molecule has 0 bridgehead atoms. The van der Waals surface area contributed by atoms with E-state index in [2.05, 4.69) is 77.4 Å². The second kappa shape index (κ2) is 11.7. The summed E-state index contributed by atoms with van der Waals surface area (Å²) in [7, 11) is 0. The van der Waals surface area contributed by atoms with Crippen molar-refractivity contribution in [2.45, 2.75) is 65.1 Å². The average Bonchev–Trinajstić information content (AvgIpc) is 3.47. The lowest BCUT2D eigenvalue weighted by Crippen LogP contribution is -2.24. The molecule has 34 heavy (non-hydrogen) atoms. The van der Waals surface area contributed by atoms with Crippen LogP contribution < -0.4 is 10.9 Å². The molecule has 6 nitrogen and oxygen atoms in total. The van der Waals surface area contributed by atoms with Crippen molar-refractivity contribution in [1.82, 2.24) is 20.0 Å². The molecule has 2 N–H and O–H groups in total. The van der Waals surface area contributed by atoms with Gasteiger partial charge in [0.25, 0.3) is 5.56 Å². The average molecular weight is 459 g/mol. The van der Waals surface area contributed by atoms with E-state index < -0.39 is 0 Å². The van der Waals surface area contributed by atoms with Gasteiger partial charge in [0, 0.05) is 23.7 Å². The third-order valence-corrected chi connectivity index (χ3v) is 6.10. The maximum atomic E-state index is 11.6. The van der Waals surface area contributed by atoms with E-state index in [1.165, 1.54) is 11.8 Å². The quantitative estimate of drug-likeness (QED) is 0.260. The minimum atomic E-state index is -0.216. The van der Waals surface area contributed by atoms with Crippen molar-refractivity contribution in [2.24, 2.45) is 0 Å². The summed E-state index contributed by atoms with van der Waals surface area (Å²) in [5, 5.41) is 6.07. The highest BCUT2D eigenvalue weighted by atomic mass is 16.5. The van der Waals surface area contributed by atoms with Gasteiger partial charge in [-0.3, -0.25) is 4.79 Å². The standard InChI is InChI=1S/C28H34N4O2/c1-3-5-17-24(29-20-23-19-25(33)31-34-23)27-26(21-13-9-7-10-14-21)30-28(32(27)18-6-4-2)22-15-11-8-12-16-22/h7-16,19,24,29H,3-6,17-18,20H2,1-2H3,(H,31,33). The van der Waals surface area contributed by atoms with Crippen LogP contribution in [0.5, 0.6) is 0 Å². The smallest absolute Gasteiger partial charge is 0.280 e. The Labute approximate surface area is 201 Å². The molecule has 0 spiro atoms. The molecule has 0 aliphatic heterocycles. The largest absolute Gasteiger partial charge is 0.382 e. The van der Waals surface area contributed by atoms with E-state index in [0.717, 1.165) is 61.3 Å². The summed E-state index contributed by atoms with van der Waals surface area (Å²) in [5.74, 6) is 1.61. The van der Waals surface area contributed by atoms with Gasteiger partial charge in [0.05, 0.1) is 24.0 Å². The zero-order valence-corrected chi connectivity index (χ0v) is 20.1. The molecule has 4 rings (SSSR count). The fourth-order valence-corrected chi connectivity index (χ4v) is 4.35. The molecule has 0 aliphatic carbocycles. The molecule has 0 radical (unpaired) electrons. The molecule has 0 saturated carbocycles. The van der Waals surface area contributed by atoms with E-state index >= 15 is 0 Å². The van der Waals surface area contributed by atoms with E-state index in [9.17, 15) is 4.79 Å². The Bertz CT molecular complexity index is 1210. The van der Waals surface area contributed by atoms with Gasteiger partial charge in [-0.05, 0) is 12.8 Å². The lowest BCUT2D eigenvalue weighted by atomic mass is 10.0. The Kier molecular flexibility index (Phi) is 8.15. The van der Waals surface area contributed by atoms with Crippen molar-refractivity contribution in [1.29, 1.82) is 0 Å². The zero-order chi connectivity index (χ0) is 23.8. The first-order chi connectivity index (χ1) is 16.7. The lowest BCUT2D eigenvalue weighted by Gasteiger charge is -2.22. The molecular weight excluding hydrogens is 424 g/mol. The molecule has 2 aromatic heterocycles. The fraction of sp³-hybridized carbons (Fsp3) is 0.357. The summed E-state index contributed by atoms with van der Waals surface area (Å²) in [4.78, 5) is 16.8. The Morgan fingerprint density at radius 1 is 0.971 bits per heavy atom. The van der Waals surface area contributed by atoms with Gasteiger partial charge >= 0.3 is 0 Å². The third kappa shape index (κ3) is 5.57. The molecule has 1 atom stereocenters. The number of imidazole rings is 1. The van der Waals surface area contributed by atoms with Crippen LogP contribution in [-0.2, 0) is 13.1 Å². The SMILES string of the molecule is CCCCC(NCc1cc(=O)[nH]o1)c1c(-c2ccccc2)nc(-c2ccccc2)n1CCCC. The van der Waals surface area contributed by atoms with Gasteiger partial charge in [0.1, 0.15) is 5.82 Å². The van der Waals surface area contributed by atoms with Gasteiger partial charge < -0.3 is 14.4 Å². The molecule has 178 valence electrons. The Hall–Kier alpha value is -3.38. The van der Waals surface area contributed by atoms with Crippen LogP contribution >= 0.6 is 0 Å². The van der Waals surface area contributed by atoms with E-state index in [4.69, 9.17) is 9.51 Å². The van der Waals surface area contributed by atoms with Gasteiger partial charge in [-0.15, -0.1) is 0 Å². The highest BCUT2D eigenvalue weighted by Crippen LogP contribution is 2.35. The van der Waals surface area contributed by atoms with Crippen LogP contribution in [-0.4, -0.2) is 14.7 Å². The Morgan fingerprint density at radius 3 is 2.26 bits per heavy atom. The first-order valence-electron chi connectivity index (χ1n) is 12.3.